The van der Waals surface area contributed by atoms with Crippen LogP contribution < -0.4 is 10.6 Å². The Morgan fingerprint density at radius 2 is 1.90 bits per heavy atom. The molecule has 1 heterocycles. The second kappa shape index (κ2) is 5.75. The van der Waals surface area contributed by atoms with E-state index in [4.69, 9.17) is 15.7 Å². The van der Waals surface area contributed by atoms with Crippen LogP contribution in [-0.2, 0) is 0 Å². The number of para-hydroxylation sites is 2. The molecule has 0 aliphatic heterocycles. The monoisotopic (exact) mass is 270 g/mol. The number of hydrogen-bond donors (Lipinski definition) is 1. The van der Waals surface area contributed by atoms with E-state index >= 15 is 0 Å². The lowest BCUT2D eigenvalue weighted by Crippen LogP contribution is -2.42. The Labute approximate surface area is 120 Å². The van der Waals surface area contributed by atoms with Gasteiger partial charge >= 0.3 is 0 Å². The molecular formula is C16H22N4. The van der Waals surface area contributed by atoms with E-state index in [0.29, 0.717) is 6.04 Å². The third-order valence-corrected chi connectivity index (χ3v) is 4.11. The zero-order valence-electron chi connectivity index (χ0n) is 12.0. The fourth-order valence-corrected chi connectivity index (χ4v) is 2.77. The van der Waals surface area contributed by atoms with Gasteiger partial charge in [0.25, 0.3) is 0 Å². The van der Waals surface area contributed by atoms with Gasteiger partial charge in [-0.25, -0.2) is 9.97 Å². The molecule has 2 N–H and O–H groups in total. The maximum absolute atomic E-state index is 5.68. The molecule has 1 aliphatic carbocycles. The average molecular weight is 270 g/mol. The van der Waals surface area contributed by atoms with Gasteiger partial charge in [0.2, 0.25) is 0 Å². The predicted molar refractivity (Wildman–Crippen MR) is 82.9 cm³/mol. The van der Waals surface area contributed by atoms with Crippen molar-refractivity contribution in [3.63, 3.8) is 0 Å². The molecule has 0 atom stereocenters. The standard InChI is InChI=1S/C16H22N4/c1-12-16(19-15-9-3-2-8-14(15)18-12)20(11-5-10-17)13-6-4-7-13/h2-3,8-9,13H,4-7,10-11,17H2,1H3. The van der Waals surface area contributed by atoms with Crippen LogP contribution in [0.1, 0.15) is 31.4 Å². The van der Waals surface area contributed by atoms with Crippen molar-refractivity contribution in [1.29, 1.82) is 0 Å². The van der Waals surface area contributed by atoms with Gasteiger partial charge in [-0.05, 0) is 51.3 Å². The van der Waals surface area contributed by atoms with Gasteiger partial charge in [-0.2, -0.15) is 0 Å². The normalized spacial score (nSPS) is 15.3. The van der Waals surface area contributed by atoms with E-state index in [9.17, 15) is 0 Å². The molecule has 20 heavy (non-hydrogen) atoms. The third-order valence-electron chi connectivity index (χ3n) is 4.11. The van der Waals surface area contributed by atoms with Crippen molar-refractivity contribution < 1.29 is 0 Å². The molecular weight excluding hydrogens is 248 g/mol. The van der Waals surface area contributed by atoms with Crippen LogP contribution in [0.15, 0.2) is 24.3 Å². The molecule has 1 aromatic heterocycles. The summed E-state index contributed by atoms with van der Waals surface area (Å²) in [5.41, 5.74) is 8.65. The number of benzene rings is 1. The fourth-order valence-electron chi connectivity index (χ4n) is 2.77. The first-order valence-corrected chi connectivity index (χ1v) is 7.49. The van der Waals surface area contributed by atoms with E-state index in [0.717, 1.165) is 42.1 Å². The molecule has 0 bridgehead atoms. The quantitative estimate of drug-likeness (QED) is 0.907. The number of rotatable bonds is 5. The van der Waals surface area contributed by atoms with Crippen molar-refractivity contribution in [2.45, 2.75) is 38.6 Å². The lowest BCUT2D eigenvalue weighted by Gasteiger charge is -2.39. The highest BCUT2D eigenvalue weighted by atomic mass is 15.2. The molecule has 0 spiro atoms. The van der Waals surface area contributed by atoms with Crippen molar-refractivity contribution in [1.82, 2.24) is 9.97 Å². The van der Waals surface area contributed by atoms with E-state index in [1.54, 1.807) is 0 Å². The highest BCUT2D eigenvalue weighted by Crippen LogP contribution is 2.30. The zero-order valence-corrected chi connectivity index (χ0v) is 12.0. The van der Waals surface area contributed by atoms with Crippen molar-refractivity contribution in [3.8, 4) is 0 Å². The number of nitrogens with zero attached hydrogens (tertiary/aromatic N) is 3. The summed E-state index contributed by atoms with van der Waals surface area (Å²) in [5, 5.41) is 0. The van der Waals surface area contributed by atoms with E-state index < -0.39 is 0 Å². The lowest BCUT2D eigenvalue weighted by atomic mass is 9.91. The second-order valence-corrected chi connectivity index (χ2v) is 5.54. The first-order valence-electron chi connectivity index (χ1n) is 7.49. The highest BCUT2D eigenvalue weighted by Gasteiger charge is 2.27. The average Bonchev–Trinajstić information content (AvgIpc) is 2.40. The van der Waals surface area contributed by atoms with E-state index in [2.05, 4.69) is 11.8 Å². The first-order chi connectivity index (χ1) is 9.79. The maximum atomic E-state index is 5.68. The summed E-state index contributed by atoms with van der Waals surface area (Å²) >= 11 is 0. The molecule has 0 amide bonds. The first kappa shape index (κ1) is 13.3. The van der Waals surface area contributed by atoms with Gasteiger partial charge < -0.3 is 10.6 Å². The molecule has 1 fully saturated rings. The Kier molecular flexibility index (Phi) is 3.83. The van der Waals surface area contributed by atoms with Crippen molar-refractivity contribution >= 4 is 16.9 Å². The van der Waals surface area contributed by atoms with Crippen LogP contribution in [-0.4, -0.2) is 29.1 Å². The minimum atomic E-state index is 0.621. The summed E-state index contributed by atoms with van der Waals surface area (Å²) in [4.78, 5) is 12.0. The topological polar surface area (TPSA) is 55.0 Å². The molecule has 106 valence electrons. The van der Waals surface area contributed by atoms with Gasteiger partial charge in [0.05, 0.1) is 16.7 Å². The molecule has 4 heteroatoms. The van der Waals surface area contributed by atoms with Crippen molar-refractivity contribution in [3.05, 3.63) is 30.0 Å². The largest absolute Gasteiger partial charge is 0.352 e. The molecule has 0 radical (unpaired) electrons. The van der Waals surface area contributed by atoms with Crippen molar-refractivity contribution in [2.75, 3.05) is 18.0 Å². The fraction of sp³-hybridized carbons (Fsp3) is 0.500. The second-order valence-electron chi connectivity index (χ2n) is 5.54. The number of aromatic nitrogens is 2. The molecule has 3 rings (SSSR count). The molecule has 2 aromatic rings. The number of aryl methyl sites for hydroxylation is 1. The Morgan fingerprint density at radius 1 is 1.20 bits per heavy atom. The molecule has 1 saturated carbocycles. The minimum Gasteiger partial charge on any atom is -0.352 e. The van der Waals surface area contributed by atoms with Gasteiger partial charge in [-0.1, -0.05) is 12.1 Å². The number of nitrogens with two attached hydrogens (primary N) is 1. The molecule has 1 aromatic carbocycles. The summed E-state index contributed by atoms with van der Waals surface area (Å²) < 4.78 is 0. The van der Waals surface area contributed by atoms with Gasteiger partial charge in [-0.15, -0.1) is 0 Å². The molecule has 1 aliphatic rings. The van der Waals surface area contributed by atoms with Crippen LogP contribution in [0.25, 0.3) is 11.0 Å². The van der Waals surface area contributed by atoms with E-state index in [1.165, 1.54) is 19.3 Å². The van der Waals surface area contributed by atoms with Crippen LogP contribution in [0.3, 0.4) is 0 Å². The van der Waals surface area contributed by atoms with Gasteiger partial charge in [0.1, 0.15) is 0 Å². The lowest BCUT2D eigenvalue weighted by molar-refractivity contribution is 0.382. The molecule has 0 unspecified atom stereocenters. The summed E-state index contributed by atoms with van der Waals surface area (Å²) in [6.45, 7) is 3.77. The Morgan fingerprint density at radius 3 is 2.50 bits per heavy atom. The minimum absolute atomic E-state index is 0.621. The summed E-state index contributed by atoms with van der Waals surface area (Å²) in [7, 11) is 0. The number of anilines is 1. The van der Waals surface area contributed by atoms with Crippen LogP contribution in [0, 0.1) is 6.92 Å². The number of hydrogen-bond acceptors (Lipinski definition) is 4. The van der Waals surface area contributed by atoms with Gasteiger partial charge in [0.15, 0.2) is 5.82 Å². The zero-order chi connectivity index (χ0) is 13.9. The van der Waals surface area contributed by atoms with Crippen LogP contribution in [0.5, 0.6) is 0 Å². The van der Waals surface area contributed by atoms with Crippen LogP contribution in [0.2, 0.25) is 0 Å². The summed E-state index contributed by atoms with van der Waals surface area (Å²) in [6.07, 6.45) is 4.85. The van der Waals surface area contributed by atoms with E-state index in [-0.39, 0.29) is 0 Å². The number of fused-ring (bicyclic) bond motifs is 1. The van der Waals surface area contributed by atoms with Crippen LogP contribution >= 0.6 is 0 Å². The molecule has 4 nitrogen and oxygen atoms in total. The van der Waals surface area contributed by atoms with Gasteiger partial charge in [0, 0.05) is 12.6 Å². The van der Waals surface area contributed by atoms with Crippen LogP contribution in [0.4, 0.5) is 5.82 Å². The van der Waals surface area contributed by atoms with Gasteiger partial charge in [-0.3, -0.25) is 0 Å². The van der Waals surface area contributed by atoms with Crippen molar-refractivity contribution in [2.24, 2.45) is 5.73 Å². The Balaban J connectivity index is 1.98. The summed E-state index contributed by atoms with van der Waals surface area (Å²) in [5.74, 6) is 1.04. The molecule has 0 saturated heterocycles. The van der Waals surface area contributed by atoms with E-state index in [1.807, 2.05) is 24.3 Å². The highest BCUT2D eigenvalue weighted by molar-refractivity contribution is 5.76. The SMILES string of the molecule is Cc1nc2ccccc2nc1N(CCCN)C1CCC1. The Hall–Kier alpha value is -1.68. The predicted octanol–water partition coefficient (Wildman–Crippen LogP) is 2.65. The third kappa shape index (κ3) is 2.48. The Bertz CT molecular complexity index is 592. The summed E-state index contributed by atoms with van der Waals surface area (Å²) in [6, 6.07) is 8.70. The maximum Gasteiger partial charge on any atom is 0.151 e. The smallest absolute Gasteiger partial charge is 0.151 e.